The van der Waals surface area contributed by atoms with E-state index in [0.29, 0.717) is 22.7 Å². The largest absolute Gasteiger partial charge is 0.382 e. The van der Waals surface area contributed by atoms with Crippen molar-refractivity contribution < 1.29 is 8.78 Å². The Morgan fingerprint density at radius 1 is 1.16 bits per heavy atom. The zero-order valence-electron chi connectivity index (χ0n) is 10.7. The van der Waals surface area contributed by atoms with Crippen LogP contribution in [-0.4, -0.2) is 36.3 Å². The second-order valence-electron chi connectivity index (χ2n) is 5.29. The van der Waals surface area contributed by atoms with E-state index in [1.165, 1.54) is 32.5 Å². The molecule has 1 aromatic carbocycles. The topological polar surface area (TPSA) is 15.3 Å². The molecule has 1 N–H and O–H groups in total. The molecule has 2 aliphatic rings. The number of rotatable bonds is 4. The molecular formula is C14H18F2N2S. The van der Waals surface area contributed by atoms with E-state index in [4.69, 9.17) is 0 Å². The van der Waals surface area contributed by atoms with Gasteiger partial charge in [0.25, 0.3) is 5.76 Å². The van der Waals surface area contributed by atoms with Crippen molar-refractivity contribution in [3.63, 3.8) is 0 Å². The summed E-state index contributed by atoms with van der Waals surface area (Å²) in [6, 6.07) is 7.89. The highest BCUT2D eigenvalue weighted by molar-refractivity contribution is 7.99. The fourth-order valence-electron chi connectivity index (χ4n) is 3.09. The zero-order valence-corrected chi connectivity index (χ0v) is 11.5. The molecular weight excluding hydrogens is 266 g/mol. The fourth-order valence-corrected chi connectivity index (χ4v) is 3.59. The van der Waals surface area contributed by atoms with Crippen molar-refractivity contribution in [2.75, 3.05) is 25.0 Å². The highest BCUT2D eigenvalue weighted by atomic mass is 32.2. The van der Waals surface area contributed by atoms with E-state index >= 15 is 0 Å². The maximum Gasteiger partial charge on any atom is 0.288 e. The van der Waals surface area contributed by atoms with E-state index in [9.17, 15) is 8.78 Å². The summed E-state index contributed by atoms with van der Waals surface area (Å²) >= 11 is 0.597. The molecule has 0 saturated carbocycles. The number of hydrogen-bond donors (Lipinski definition) is 1. The van der Waals surface area contributed by atoms with Crippen LogP contribution in [0.15, 0.2) is 29.2 Å². The number of benzene rings is 1. The van der Waals surface area contributed by atoms with Gasteiger partial charge in [-0.1, -0.05) is 11.8 Å². The van der Waals surface area contributed by atoms with Crippen molar-refractivity contribution in [1.29, 1.82) is 0 Å². The molecule has 2 fully saturated rings. The number of alkyl halides is 2. The smallest absolute Gasteiger partial charge is 0.288 e. The number of nitrogens with one attached hydrogen (secondary N) is 1. The number of nitrogens with zero attached hydrogens (tertiary/aromatic N) is 1. The Morgan fingerprint density at radius 2 is 1.89 bits per heavy atom. The summed E-state index contributed by atoms with van der Waals surface area (Å²) in [6.07, 6.45) is 2.45. The van der Waals surface area contributed by atoms with Gasteiger partial charge in [0.1, 0.15) is 0 Å². The summed E-state index contributed by atoms with van der Waals surface area (Å²) < 4.78 is 24.5. The molecule has 0 spiro atoms. The van der Waals surface area contributed by atoms with Gasteiger partial charge in [0.2, 0.25) is 0 Å². The van der Waals surface area contributed by atoms with Gasteiger partial charge in [-0.25, -0.2) is 0 Å². The zero-order chi connectivity index (χ0) is 13.2. The van der Waals surface area contributed by atoms with Crippen LogP contribution in [0.5, 0.6) is 0 Å². The Labute approximate surface area is 116 Å². The first-order valence-electron chi connectivity index (χ1n) is 6.74. The number of piperidine rings is 1. The lowest BCUT2D eigenvalue weighted by Crippen LogP contribution is -2.39. The number of fused-ring (bicyclic) bond motifs is 2. The number of hydrogen-bond acceptors (Lipinski definition) is 3. The summed E-state index contributed by atoms with van der Waals surface area (Å²) in [5.74, 6) is -1.61. The van der Waals surface area contributed by atoms with E-state index < -0.39 is 5.76 Å². The minimum absolute atomic E-state index is 0.535. The second-order valence-corrected chi connectivity index (χ2v) is 6.36. The van der Waals surface area contributed by atoms with Crippen LogP contribution in [0.1, 0.15) is 12.8 Å². The molecule has 0 radical (unpaired) electrons. The van der Waals surface area contributed by atoms with E-state index in [-0.39, 0.29) is 0 Å². The first-order chi connectivity index (χ1) is 9.20. The molecule has 2 aliphatic heterocycles. The van der Waals surface area contributed by atoms with Crippen molar-refractivity contribution in [3.05, 3.63) is 24.3 Å². The maximum absolute atomic E-state index is 12.2. The summed E-state index contributed by atoms with van der Waals surface area (Å²) in [5.41, 5.74) is 1.05. The van der Waals surface area contributed by atoms with E-state index in [2.05, 4.69) is 10.2 Å². The minimum atomic E-state index is -2.35. The molecule has 2 nitrogen and oxygen atoms in total. The lowest BCUT2D eigenvalue weighted by molar-refractivity contribution is 0.252. The number of anilines is 1. The van der Waals surface area contributed by atoms with Crippen LogP contribution in [0, 0.1) is 5.92 Å². The van der Waals surface area contributed by atoms with Gasteiger partial charge in [0, 0.05) is 29.7 Å². The quantitative estimate of drug-likeness (QED) is 0.852. The summed E-state index contributed by atoms with van der Waals surface area (Å²) in [7, 11) is 0. The predicted molar refractivity (Wildman–Crippen MR) is 74.9 cm³/mol. The first kappa shape index (κ1) is 13.2. The van der Waals surface area contributed by atoms with Crippen LogP contribution in [0.25, 0.3) is 0 Å². The molecule has 19 heavy (non-hydrogen) atoms. The number of thioether (sulfide) groups is 1. The van der Waals surface area contributed by atoms with Gasteiger partial charge in [-0.2, -0.15) is 8.78 Å². The van der Waals surface area contributed by atoms with Crippen molar-refractivity contribution in [2.45, 2.75) is 29.5 Å². The number of halogens is 2. The molecule has 2 bridgehead atoms. The van der Waals surface area contributed by atoms with Gasteiger partial charge < -0.3 is 10.2 Å². The van der Waals surface area contributed by atoms with Crippen LogP contribution in [0.4, 0.5) is 14.5 Å². The molecule has 2 saturated heterocycles. The molecule has 104 valence electrons. The maximum atomic E-state index is 12.2. The lowest BCUT2D eigenvalue weighted by atomic mass is 9.94. The Bertz CT molecular complexity index is 424. The molecule has 5 heteroatoms. The Kier molecular flexibility index (Phi) is 3.93. The SMILES string of the molecule is FC(F)Sc1ccc(NC2CCN3CCC2C3)cc1. The van der Waals surface area contributed by atoms with Gasteiger partial charge in [-0.05, 0) is 49.6 Å². The van der Waals surface area contributed by atoms with Gasteiger partial charge >= 0.3 is 0 Å². The predicted octanol–water partition coefficient (Wildman–Crippen LogP) is 3.51. The molecule has 0 aliphatic carbocycles. The Hall–Kier alpha value is -0.810. The van der Waals surface area contributed by atoms with Crippen molar-refractivity contribution in [3.8, 4) is 0 Å². The second kappa shape index (κ2) is 5.67. The van der Waals surface area contributed by atoms with Gasteiger partial charge in [0.15, 0.2) is 0 Å². The van der Waals surface area contributed by atoms with E-state index in [0.717, 1.165) is 11.6 Å². The van der Waals surface area contributed by atoms with Crippen LogP contribution < -0.4 is 5.32 Å². The van der Waals surface area contributed by atoms with Gasteiger partial charge in [-0.3, -0.25) is 0 Å². The molecule has 0 amide bonds. The molecule has 2 heterocycles. The van der Waals surface area contributed by atoms with E-state index in [1.54, 1.807) is 12.1 Å². The highest BCUT2D eigenvalue weighted by Crippen LogP contribution is 2.30. The first-order valence-corrected chi connectivity index (χ1v) is 7.62. The third kappa shape index (κ3) is 3.20. The monoisotopic (exact) mass is 284 g/mol. The normalized spacial score (nSPS) is 29.7. The van der Waals surface area contributed by atoms with Gasteiger partial charge in [0.05, 0.1) is 0 Å². The average Bonchev–Trinajstić information content (AvgIpc) is 2.77. The molecule has 1 aromatic rings. The van der Waals surface area contributed by atoms with Crippen molar-refractivity contribution in [2.24, 2.45) is 5.92 Å². The van der Waals surface area contributed by atoms with Gasteiger partial charge in [-0.15, -0.1) is 0 Å². The Balaban J connectivity index is 1.60. The third-order valence-electron chi connectivity index (χ3n) is 4.07. The molecule has 3 atom stereocenters. The summed E-state index contributed by atoms with van der Waals surface area (Å²) in [6.45, 7) is 3.61. The summed E-state index contributed by atoms with van der Waals surface area (Å²) in [5, 5.41) is 3.57. The van der Waals surface area contributed by atoms with Crippen LogP contribution >= 0.6 is 11.8 Å². The molecule has 3 unspecified atom stereocenters. The molecule has 0 aromatic heterocycles. The van der Waals surface area contributed by atoms with Crippen LogP contribution in [-0.2, 0) is 0 Å². The third-order valence-corrected chi connectivity index (χ3v) is 4.79. The van der Waals surface area contributed by atoms with Crippen LogP contribution in [0.2, 0.25) is 0 Å². The van der Waals surface area contributed by atoms with E-state index in [1.807, 2.05) is 12.1 Å². The average molecular weight is 284 g/mol. The summed E-state index contributed by atoms with van der Waals surface area (Å²) in [4.78, 5) is 3.14. The molecule has 3 rings (SSSR count). The van der Waals surface area contributed by atoms with Crippen molar-refractivity contribution in [1.82, 2.24) is 4.90 Å². The highest BCUT2D eigenvalue weighted by Gasteiger charge is 2.33. The lowest BCUT2D eigenvalue weighted by Gasteiger charge is -2.31. The Morgan fingerprint density at radius 3 is 2.63 bits per heavy atom. The van der Waals surface area contributed by atoms with Crippen molar-refractivity contribution >= 4 is 17.4 Å². The standard InChI is InChI=1S/C14H18F2N2S/c15-14(16)19-12-3-1-11(2-4-12)17-13-6-8-18-7-5-10(13)9-18/h1-4,10,13-14,17H,5-9H2. The van der Waals surface area contributed by atoms with Crippen LogP contribution in [0.3, 0.4) is 0 Å². The minimum Gasteiger partial charge on any atom is -0.382 e. The fraction of sp³-hybridized carbons (Fsp3) is 0.571.